The van der Waals surface area contributed by atoms with E-state index in [1.165, 1.54) is 0 Å². The second-order valence-corrected chi connectivity index (χ2v) is 4.74. The molecule has 4 heteroatoms. The highest BCUT2D eigenvalue weighted by Crippen LogP contribution is 2.30. The number of ether oxygens (including phenoxy) is 1. The SMILES string of the molecule is COc1cc(Nc2ccccc2Cl)nc2ccccc12. The average Bonchev–Trinajstić information content (AvgIpc) is 2.49. The summed E-state index contributed by atoms with van der Waals surface area (Å²) in [4.78, 5) is 4.57. The van der Waals surface area contributed by atoms with Gasteiger partial charge in [0.25, 0.3) is 0 Å². The number of methoxy groups -OCH3 is 1. The molecule has 3 rings (SSSR count). The zero-order chi connectivity index (χ0) is 13.9. The Bertz CT molecular complexity index is 758. The molecule has 2 aromatic carbocycles. The van der Waals surface area contributed by atoms with E-state index >= 15 is 0 Å². The Morgan fingerprint density at radius 2 is 1.80 bits per heavy atom. The van der Waals surface area contributed by atoms with Gasteiger partial charge in [-0.15, -0.1) is 0 Å². The number of aromatic nitrogens is 1. The van der Waals surface area contributed by atoms with Crippen LogP contribution in [0.4, 0.5) is 11.5 Å². The van der Waals surface area contributed by atoms with Gasteiger partial charge in [-0.05, 0) is 24.3 Å². The molecule has 0 radical (unpaired) electrons. The minimum atomic E-state index is 0.654. The van der Waals surface area contributed by atoms with Crippen molar-refractivity contribution in [1.29, 1.82) is 0 Å². The molecular weight excluding hydrogens is 272 g/mol. The van der Waals surface area contributed by atoms with Crippen LogP contribution in [0.15, 0.2) is 54.6 Å². The maximum absolute atomic E-state index is 6.14. The first-order valence-corrected chi connectivity index (χ1v) is 6.61. The van der Waals surface area contributed by atoms with Gasteiger partial charge < -0.3 is 10.1 Å². The molecule has 0 aliphatic heterocycles. The monoisotopic (exact) mass is 284 g/mol. The lowest BCUT2D eigenvalue weighted by Crippen LogP contribution is -1.96. The Kier molecular flexibility index (Phi) is 3.44. The zero-order valence-electron chi connectivity index (χ0n) is 10.9. The van der Waals surface area contributed by atoms with Gasteiger partial charge in [-0.1, -0.05) is 35.9 Å². The summed E-state index contributed by atoms with van der Waals surface area (Å²) in [7, 11) is 1.65. The second-order valence-electron chi connectivity index (χ2n) is 4.33. The minimum absolute atomic E-state index is 0.654. The first-order chi connectivity index (χ1) is 9.78. The normalized spacial score (nSPS) is 10.5. The number of nitrogens with one attached hydrogen (secondary N) is 1. The molecule has 0 aliphatic carbocycles. The van der Waals surface area contributed by atoms with Gasteiger partial charge >= 0.3 is 0 Å². The summed E-state index contributed by atoms with van der Waals surface area (Å²) in [5, 5.41) is 4.86. The van der Waals surface area contributed by atoms with E-state index in [0.29, 0.717) is 10.8 Å². The minimum Gasteiger partial charge on any atom is -0.496 e. The molecule has 0 atom stereocenters. The van der Waals surface area contributed by atoms with E-state index in [2.05, 4.69) is 10.3 Å². The third kappa shape index (κ3) is 2.40. The average molecular weight is 285 g/mol. The largest absolute Gasteiger partial charge is 0.496 e. The number of hydrogen-bond acceptors (Lipinski definition) is 3. The summed E-state index contributed by atoms with van der Waals surface area (Å²) in [5.74, 6) is 1.49. The molecule has 0 fully saturated rings. The summed E-state index contributed by atoms with van der Waals surface area (Å²) in [6.45, 7) is 0. The van der Waals surface area contributed by atoms with E-state index in [1.54, 1.807) is 7.11 Å². The molecule has 100 valence electrons. The number of halogens is 1. The van der Waals surface area contributed by atoms with Crippen molar-refractivity contribution in [2.24, 2.45) is 0 Å². The summed E-state index contributed by atoms with van der Waals surface area (Å²) in [6.07, 6.45) is 0. The molecule has 0 amide bonds. The van der Waals surface area contributed by atoms with Gasteiger partial charge in [-0.25, -0.2) is 4.98 Å². The molecule has 0 bridgehead atoms. The van der Waals surface area contributed by atoms with E-state index < -0.39 is 0 Å². The fourth-order valence-corrected chi connectivity index (χ4v) is 2.26. The van der Waals surface area contributed by atoms with Crippen LogP contribution in [-0.4, -0.2) is 12.1 Å². The van der Waals surface area contributed by atoms with E-state index in [-0.39, 0.29) is 0 Å². The van der Waals surface area contributed by atoms with Gasteiger partial charge in [0.1, 0.15) is 11.6 Å². The smallest absolute Gasteiger partial charge is 0.134 e. The lowest BCUT2D eigenvalue weighted by atomic mass is 10.2. The Balaban J connectivity index is 2.06. The summed E-state index contributed by atoms with van der Waals surface area (Å²) >= 11 is 6.14. The number of fused-ring (bicyclic) bond motifs is 1. The van der Waals surface area contributed by atoms with Gasteiger partial charge in [0, 0.05) is 11.5 Å². The van der Waals surface area contributed by atoms with Crippen molar-refractivity contribution in [3.63, 3.8) is 0 Å². The van der Waals surface area contributed by atoms with Crippen LogP contribution in [0.1, 0.15) is 0 Å². The molecule has 0 spiro atoms. The van der Waals surface area contributed by atoms with E-state index in [1.807, 2.05) is 54.6 Å². The van der Waals surface area contributed by atoms with Gasteiger partial charge in [-0.2, -0.15) is 0 Å². The Labute approximate surface area is 122 Å². The third-order valence-electron chi connectivity index (χ3n) is 3.03. The Morgan fingerprint density at radius 1 is 1.05 bits per heavy atom. The van der Waals surface area contributed by atoms with Crippen LogP contribution in [0.25, 0.3) is 10.9 Å². The van der Waals surface area contributed by atoms with Crippen LogP contribution in [0.3, 0.4) is 0 Å². The first kappa shape index (κ1) is 12.8. The lowest BCUT2D eigenvalue weighted by molar-refractivity contribution is 0.419. The van der Waals surface area contributed by atoms with Crippen LogP contribution in [0.2, 0.25) is 5.02 Å². The summed E-state index contributed by atoms with van der Waals surface area (Å²) < 4.78 is 5.42. The first-order valence-electron chi connectivity index (χ1n) is 6.23. The molecule has 1 aromatic heterocycles. The highest BCUT2D eigenvalue weighted by Gasteiger charge is 2.07. The molecule has 20 heavy (non-hydrogen) atoms. The number of pyridine rings is 1. The van der Waals surface area contributed by atoms with E-state index in [4.69, 9.17) is 16.3 Å². The van der Waals surface area contributed by atoms with Gasteiger partial charge in [0.05, 0.1) is 23.3 Å². The molecule has 1 heterocycles. The van der Waals surface area contributed by atoms with Crippen molar-refractivity contribution in [2.45, 2.75) is 0 Å². The van der Waals surface area contributed by atoms with Gasteiger partial charge in [-0.3, -0.25) is 0 Å². The molecule has 0 aliphatic rings. The van der Waals surface area contributed by atoms with Crippen LogP contribution in [0, 0.1) is 0 Å². The van der Waals surface area contributed by atoms with Crippen molar-refractivity contribution in [1.82, 2.24) is 4.98 Å². The van der Waals surface area contributed by atoms with Crippen LogP contribution in [0.5, 0.6) is 5.75 Å². The maximum atomic E-state index is 6.14. The predicted octanol–water partition coefficient (Wildman–Crippen LogP) is 4.64. The topological polar surface area (TPSA) is 34.1 Å². The molecule has 1 N–H and O–H groups in total. The molecular formula is C16H13ClN2O. The van der Waals surface area contributed by atoms with E-state index in [9.17, 15) is 0 Å². The number of hydrogen-bond donors (Lipinski definition) is 1. The summed E-state index contributed by atoms with van der Waals surface area (Å²) in [6, 6.07) is 17.3. The standard InChI is InChI=1S/C16H13ClN2O/c1-20-15-10-16(18-13-8-4-2-6-11(13)15)19-14-9-5-3-7-12(14)17/h2-10H,1H3,(H,18,19). The fourth-order valence-electron chi connectivity index (χ4n) is 2.08. The van der Waals surface area contributed by atoms with Gasteiger partial charge in [0.15, 0.2) is 0 Å². The molecule has 3 nitrogen and oxygen atoms in total. The number of rotatable bonds is 3. The molecule has 3 aromatic rings. The number of benzene rings is 2. The maximum Gasteiger partial charge on any atom is 0.134 e. The number of anilines is 2. The van der Waals surface area contributed by atoms with Crippen molar-refractivity contribution in [3.05, 3.63) is 59.6 Å². The third-order valence-corrected chi connectivity index (χ3v) is 3.36. The predicted molar refractivity (Wildman–Crippen MR) is 83.0 cm³/mol. The van der Waals surface area contributed by atoms with Crippen LogP contribution >= 0.6 is 11.6 Å². The Morgan fingerprint density at radius 3 is 2.60 bits per heavy atom. The fraction of sp³-hybridized carbons (Fsp3) is 0.0625. The van der Waals surface area contributed by atoms with E-state index in [0.717, 1.165) is 22.3 Å². The van der Waals surface area contributed by atoms with Crippen molar-refractivity contribution < 1.29 is 4.74 Å². The molecule has 0 saturated carbocycles. The van der Waals surface area contributed by atoms with Crippen LogP contribution < -0.4 is 10.1 Å². The molecule has 0 unspecified atom stereocenters. The second kappa shape index (κ2) is 5.39. The highest BCUT2D eigenvalue weighted by atomic mass is 35.5. The van der Waals surface area contributed by atoms with Crippen LogP contribution in [-0.2, 0) is 0 Å². The van der Waals surface area contributed by atoms with Crippen molar-refractivity contribution in [3.8, 4) is 5.75 Å². The van der Waals surface area contributed by atoms with Gasteiger partial charge in [0.2, 0.25) is 0 Å². The van der Waals surface area contributed by atoms with Crippen molar-refractivity contribution in [2.75, 3.05) is 12.4 Å². The lowest BCUT2D eigenvalue weighted by Gasteiger charge is -2.11. The van der Waals surface area contributed by atoms with Crippen molar-refractivity contribution >= 4 is 34.0 Å². The zero-order valence-corrected chi connectivity index (χ0v) is 11.7. The molecule has 0 saturated heterocycles. The number of para-hydroxylation sites is 2. The number of nitrogens with zero attached hydrogens (tertiary/aromatic N) is 1. The summed E-state index contributed by atoms with van der Waals surface area (Å²) in [5.41, 5.74) is 1.69. The Hall–Kier alpha value is -2.26. The quantitative estimate of drug-likeness (QED) is 0.761. The highest BCUT2D eigenvalue weighted by molar-refractivity contribution is 6.33.